The smallest absolute Gasteiger partial charge is 0.254 e. The van der Waals surface area contributed by atoms with Crippen LogP contribution in [-0.2, 0) is 0 Å². The van der Waals surface area contributed by atoms with Gasteiger partial charge in [-0.25, -0.2) is 4.39 Å². The molecule has 17 heavy (non-hydrogen) atoms. The highest BCUT2D eigenvalue weighted by atomic mass is 19.1. The van der Waals surface area contributed by atoms with Gasteiger partial charge >= 0.3 is 0 Å². The average Bonchev–Trinajstić information content (AvgIpc) is 2.75. The molecule has 1 aliphatic heterocycles. The number of rotatable bonds is 2. The molecule has 1 amide bonds. The summed E-state index contributed by atoms with van der Waals surface area (Å²) in [5.41, 5.74) is 0.484. The predicted molar refractivity (Wildman–Crippen MR) is 62.6 cm³/mol. The maximum Gasteiger partial charge on any atom is 0.254 e. The van der Waals surface area contributed by atoms with Gasteiger partial charge in [-0.1, -0.05) is 6.92 Å². The number of methoxy groups -OCH3 is 1. The number of halogens is 1. The van der Waals surface area contributed by atoms with Crippen molar-refractivity contribution >= 4 is 5.91 Å². The van der Waals surface area contributed by atoms with E-state index in [0.29, 0.717) is 11.5 Å². The van der Waals surface area contributed by atoms with Crippen LogP contribution in [0.4, 0.5) is 4.39 Å². The first kappa shape index (κ1) is 11.9. The van der Waals surface area contributed by atoms with Gasteiger partial charge in [0, 0.05) is 18.7 Å². The molecule has 2 rings (SSSR count). The lowest BCUT2D eigenvalue weighted by atomic mass is 10.1. The highest BCUT2D eigenvalue weighted by molar-refractivity contribution is 5.94. The number of ether oxygens (including phenoxy) is 1. The van der Waals surface area contributed by atoms with Gasteiger partial charge < -0.3 is 9.64 Å². The summed E-state index contributed by atoms with van der Waals surface area (Å²) < 4.78 is 18.1. The Morgan fingerprint density at radius 3 is 2.88 bits per heavy atom. The third kappa shape index (κ3) is 2.40. The van der Waals surface area contributed by atoms with Gasteiger partial charge in [-0.05, 0) is 30.5 Å². The zero-order valence-corrected chi connectivity index (χ0v) is 10.1. The van der Waals surface area contributed by atoms with E-state index in [1.54, 1.807) is 4.90 Å². The minimum Gasteiger partial charge on any atom is -0.494 e. The van der Waals surface area contributed by atoms with Gasteiger partial charge in [0.05, 0.1) is 7.11 Å². The zero-order valence-electron chi connectivity index (χ0n) is 10.1. The molecule has 1 unspecified atom stereocenters. The molecule has 1 aliphatic rings. The summed E-state index contributed by atoms with van der Waals surface area (Å²) in [6.45, 7) is 3.68. The molecule has 0 N–H and O–H groups in total. The van der Waals surface area contributed by atoms with Crippen LogP contribution >= 0.6 is 0 Å². The second-order valence-electron chi connectivity index (χ2n) is 4.49. The van der Waals surface area contributed by atoms with E-state index in [2.05, 4.69) is 6.92 Å². The summed E-state index contributed by atoms with van der Waals surface area (Å²) in [7, 11) is 1.39. The van der Waals surface area contributed by atoms with E-state index in [0.717, 1.165) is 19.5 Å². The van der Waals surface area contributed by atoms with Crippen molar-refractivity contribution in [2.75, 3.05) is 20.2 Å². The lowest BCUT2D eigenvalue weighted by Crippen LogP contribution is -2.28. The fourth-order valence-electron chi connectivity index (χ4n) is 2.09. The second kappa shape index (κ2) is 4.73. The topological polar surface area (TPSA) is 29.5 Å². The monoisotopic (exact) mass is 237 g/mol. The molecule has 4 heteroatoms. The number of benzene rings is 1. The normalized spacial score (nSPS) is 19.5. The van der Waals surface area contributed by atoms with Crippen LogP contribution in [0.2, 0.25) is 0 Å². The third-order valence-electron chi connectivity index (χ3n) is 3.11. The van der Waals surface area contributed by atoms with Crippen LogP contribution in [0, 0.1) is 11.7 Å². The lowest BCUT2D eigenvalue weighted by molar-refractivity contribution is 0.0787. The Labute approximate surface area is 100 Å². The van der Waals surface area contributed by atoms with E-state index in [9.17, 15) is 9.18 Å². The fourth-order valence-corrected chi connectivity index (χ4v) is 2.09. The Hall–Kier alpha value is -1.58. The summed E-state index contributed by atoms with van der Waals surface area (Å²) in [4.78, 5) is 13.9. The van der Waals surface area contributed by atoms with Crippen molar-refractivity contribution in [3.05, 3.63) is 29.6 Å². The standard InChI is InChI=1S/C13H16FNO2/c1-9-5-6-15(8-9)13(16)10-3-4-11(14)12(7-10)17-2/h3-4,7,9H,5-6,8H2,1-2H3. The van der Waals surface area contributed by atoms with Gasteiger partial charge in [0.1, 0.15) is 0 Å². The number of carbonyl (C=O) groups excluding carboxylic acids is 1. The maximum absolute atomic E-state index is 13.2. The fraction of sp³-hybridized carbons (Fsp3) is 0.462. The van der Waals surface area contributed by atoms with Crippen molar-refractivity contribution in [3.63, 3.8) is 0 Å². The number of hydrogen-bond acceptors (Lipinski definition) is 2. The first-order chi connectivity index (χ1) is 8.11. The van der Waals surface area contributed by atoms with E-state index >= 15 is 0 Å². The molecule has 0 bridgehead atoms. The van der Waals surface area contributed by atoms with Crippen LogP contribution in [0.1, 0.15) is 23.7 Å². The summed E-state index contributed by atoms with van der Waals surface area (Å²) in [6, 6.07) is 4.23. The molecule has 3 nitrogen and oxygen atoms in total. The maximum atomic E-state index is 13.2. The number of hydrogen-bond donors (Lipinski definition) is 0. The van der Waals surface area contributed by atoms with E-state index < -0.39 is 5.82 Å². The Kier molecular flexibility index (Phi) is 3.31. The Bertz CT molecular complexity index is 433. The van der Waals surface area contributed by atoms with Crippen molar-refractivity contribution in [1.29, 1.82) is 0 Å². The van der Waals surface area contributed by atoms with Crippen molar-refractivity contribution in [3.8, 4) is 5.75 Å². The molecule has 0 aliphatic carbocycles. The summed E-state index contributed by atoms with van der Waals surface area (Å²) in [5, 5.41) is 0. The molecule has 1 fully saturated rings. The minimum absolute atomic E-state index is 0.0485. The molecule has 0 spiro atoms. The Morgan fingerprint density at radius 2 is 2.29 bits per heavy atom. The molecule has 1 saturated heterocycles. The van der Waals surface area contributed by atoms with Crippen LogP contribution in [0.5, 0.6) is 5.75 Å². The number of amides is 1. The van der Waals surface area contributed by atoms with E-state index in [-0.39, 0.29) is 11.7 Å². The largest absolute Gasteiger partial charge is 0.494 e. The van der Waals surface area contributed by atoms with E-state index in [4.69, 9.17) is 4.74 Å². The number of carbonyl (C=O) groups is 1. The van der Waals surface area contributed by atoms with Crippen LogP contribution in [-0.4, -0.2) is 31.0 Å². The van der Waals surface area contributed by atoms with Gasteiger partial charge in [-0.3, -0.25) is 4.79 Å². The van der Waals surface area contributed by atoms with Crippen molar-refractivity contribution in [2.24, 2.45) is 5.92 Å². The van der Waals surface area contributed by atoms with Crippen LogP contribution in [0.25, 0.3) is 0 Å². The molecule has 1 atom stereocenters. The van der Waals surface area contributed by atoms with Crippen LogP contribution in [0.15, 0.2) is 18.2 Å². The molecular formula is C13H16FNO2. The van der Waals surface area contributed by atoms with Crippen LogP contribution < -0.4 is 4.74 Å². The quantitative estimate of drug-likeness (QED) is 0.790. The number of nitrogens with zero attached hydrogens (tertiary/aromatic N) is 1. The average molecular weight is 237 g/mol. The summed E-state index contributed by atoms with van der Waals surface area (Å²) in [5.74, 6) is 0.163. The molecule has 92 valence electrons. The van der Waals surface area contributed by atoms with Crippen LogP contribution in [0.3, 0.4) is 0 Å². The molecule has 0 aromatic heterocycles. The van der Waals surface area contributed by atoms with Crippen molar-refractivity contribution in [1.82, 2.24) is 4.90 Å². The van der Waals surface area contributed by atoms with Gasteiger partial charge in [0.15, 0.2) is 11.6 Å². The molecule has 0 radical (unpaired) electrons. The predicted octanol–water partition coefficient (Wildman–Crippen LogP) is 2.32. The lowest BCUT2D eigenvalue weighted by Gasteiger charge is -2.16. The Morgan fingerprint density at radius 1 is 1.53 bits per heavy atom. The minimum atomic E-state index is -0.446. The highest BCUT2D eigenvalue weighted by Crippen LogP contribution is 2.22. The van der Waals surface area contributed by atoms with E-state index in [1.807, 2.05) is 0 Å². The Balaban J connectivity index is 2.19. The van der Waals surface area contributed by atoms with Gasteiger partial charge in [-0.15, -0.1) is 0 Å². The third-order valence-corrected chi connectivity index (χ3v) is 3.11. The highest BCUT2D eigenvalue weighted by Gasteiger charge is 2.24. The van der Waals surface area contributed by atoms with E-state index in [1.165, 1.54) is 25.3 Å². The molecule has 1 aromatic rings. The first-order valence-electron chi connectivity index (χ1n) is 5.74. The molecule has 1 heterocycles. The first-order valence-corrected chi connectivity index (χ1v) is 5.74. The zero-order chi connectivity index (χ0) is 12.4. The molecule has 0 saturated carbocycles. The van der Waals surface area contributed by atoms with Gasteiger partial charge in [0.2, 0.25) is 0 Å². The van der Waals surface area contributed by atoms with Gasteiger partial charge in [-0.2, -0.15) is 0 Å². The second-order valence-corrected chi connectivity index (χ2v) is 4.49. The van der Waals surface area contributed by atoms with Gasteiger partial charge in [0.25, 0.3) is 5.91 Å². The molecule has 1 aromatic carbocycles. The van der Waals surface area contributed by atoms with Crippen molar-refractivity contribution < 1.29 is 13.9 Å². The molecular weight excluding hydrogens is 221 g/mol. The number of likely N-dealkylation sites (tertiary alicyclic amines) is 1. The van der Waals surface area contributed by atoms with Crippen molar-refractivity contribution in [2.45, 2.75) is 13.3 Å². The summed E-state index contributed by atoms with van der Waals surface area (Å²) >= 11 is 0. The summed E-state index contributed by atoms with van der Waals surface area (Å²) in [6.07, 6.45) is 1.03. The SMILES string of the molecule is COc1cc(C(=O)N2CCC(C)C2)ccc1F.